The fourth-order valence-corrected chi connectivity index (χ4v) is 2.94. The van der Waals surface area contributed by atoms with E-state index in [2.05, 4.69) is 45.8 Å². The van der Waals surface area contributed by atoms with Crippen molar-refractivity contribution in [3.63, 3.8) is 0 Å². The minimum absolute atomic E-state index is 0.606. The molecule has 5 heteroatoms. The van der Waals surface area contributed by atoms with Crippen molar-refractivity contribution in [2.45, 2.75) is 59.2 Å². The first kappa shape index (κ1) is 15.4. The van der Waals surface area contributed by atoms with Gasteiger partial charge in [-0.1, -0.05) is 20.8 Å². The highest BCUT2D eigenvalue weighted by molar-refractivity contribution is 4.88. The quantitative estimate of drug-likeness (QED) is 0.828. The summed E-state index contributed by atoms with van der Waals surface area (Å²) >= 11 is 0. The van der Waals surface area contributed by atoms with Crippen LogP contribution in [-0.4, -0.2) is 45.3 Å². The Balaban J connectivity index is 2.01. The van der Waals surface area contributed by atoms with Gasteiger partial charge in [0.05, 0.1) is 6.54 Å². The lowest BCUT2D eigenvalue weighted by atomic mass is 10.0. The van der Waals surface area contributed by atoms with Gasteiger partial charge in [0.25, 0.3) is 0 Å². The van der Waals surface area contributed by atoms with Gasteiger partial charge in [-0.3, -0.25) is 4.90 Å². The lowest BCUT2D eigenvalue weighted by Crippen LogP contribution is -2.43. The van der Waals surface area contributed by atoms with Gasteiger partial charge in [-0.05, 0) is 44.8 Å². The van der Waals surface area contributed by atoms with Crippen LogP contribution in [0.5, 0.6) is 0 Å². The van der Waals surface area contributed by atoms with Crippen molar-refractivity contribution in [2.24, 2.45) is 5.92 Å². The zero-order valence-corrected chi connectivity index (χ0v) is 13.2. The summed E-state index contributed by atoms with van der Waals surface area (Å²) in [6, 6.07) is 0.695. The molecule has 0 aliphatic carbocycles. The Bertz CT molecular complexity index is 381. The molecule has 1 N–H and O–H groups in total. The van der Waals surface area contributed by atoms with Crippen molar-refractivity contribution < 1.29 is 0 Å². The van der Waals surface area contributed by atoms with Crippen molar-refractivity contribution in [2.75, 3.05) is 19.6 Å². The van der Waals surface area contributed by atoms with E-state index in [1.165, 1.54) is 19.3 Å². The van der Waals surface area contributed by atoms with E-state index in [0.717, 1.165) is 38.5 Å². The van der Waals surface area contributed by atoms with Gasteiger partial charge >= 0.3 is 0 Å². The third kappa shape index (κ3) is 4.28. The molecule has 2 rings (SSSR count). The van der Waals surface area contributed by atoms with Crippen molar-refractivity contribution in [3.8, 4) is 0 Å². The van der Waals surface area contributed by atoms with Gasteiger partial charge in [0, 0.05) is 12.6 Å². The number of hydrogen-bond acceptors (Lipinski definition) is 4. The molecular formula is C15H29N5. The van der Waals surface area contributed by atoms with Crippen LogP contribution in [0.25, 0.3) is 0 Å². The molecule has 2 heterocycles. The summed E-state index contributed by atoms with van der Waals surface area (Å²) in [5, 5.41) is 7.83. The van der Waals surface area contributed by atoms with Crippen LogP contribution in [0.2, 0.25) is 0 Å². The van der Waals surface area contributed by atoms with E-state index in [4.69, 9.17) is 0 Å². The number of aromatic nitrogens is 3. The fraction of sp³-hybridized carbons (Fsp3) is 0.867. The number of piperidine rings is 1. The van der Waals surface area contributed by atoms with Gasteiger partial charge in [0.1, 0.15) is 12.2 Å². The molecule has 5 nitrogen and oxygen atoms in total. The van der Waals surface area contributed by atoms with E-state index in [9.17, 15) is 0 Å². The third-order valence-corrected chi connectivity index (χ3v) is 3.91. The zero-order valence-electron chi connectivity index (χ0n) is 13.2. The molecule has 20 heavy (non-hydrogen) atoms. The van der Waals surface area contributed by atoms with Gasteiger partial charge in [0.2, 0.25) is 0 Å². The summed E-state index contributed by atoms with van der Waals surface area (Å²) in [4.78, 5) is 7.08. The summed E-state index contributed by atoms with van der Waals surface area (Å²) in [5.74, 6) is 1.72. The summed E-state index contributed by atoms with van der Waals surface area (Å²) < 4.78 is 2.08. The highest BCUT2D eigenvalue weighted by atomic mass is 15.4. The number of rotatable bonds is 7. The van der Waals surface area contributed by atoms with Crippen molar-refractivity contribution in [1.29, 1.82) is 0 Å². The Morgan fingerprint density at radius 1 is 1.40 bits per heavy atom. The lowest BCUT2D eigenvalue weighted by molar-refractivity contribution is 0.147. The van der Waals surface area contributed by atoms with Crippen molar-refractivity contribution in [3.05, 3.63) is 12.2 Å². The maximum Gasteiger partial charge on any atom is 0.141 e. The number of nitrogens with zero attached hydrogens (tertiary/aromatic N) is 4. The predicted octanol–water partition coefficient (Wildman–Crippen LogP) is 1.90. The molecule has 0 amide bonds. The van der Waals surface area contributed by atoms with Crippen LogP contribution in [0.3, 0.4) is 0 Å². The second-order valence-corrected chi connectivity index (χ2v) is 6.20. The van der Waals surface area contributed by atoms with Crippen LogP contribution >= 0.6 is 0 Å². The van der Waals surface area contributed by atoms with Gasteiger partial charge < -0.3 is 5.32 Å². The molecule has 1 aromatic heterocycles. The molecule has 0 unspecified atom stereocenters. The second-order valence-electron chi connectivity index (χ2n) is 6.20. The molecule has 114 valence electrons. The predicted molar refractivity (Wildman–Crippen MR) is 81.5 cm³/mol. The van der Waals surface area contributed by atoms with Crippen molar-refractivity contribution >= 4 is 0 Å². The van der Waals surface area contributed by atoms with E-state index in [0.29, 0.717) is 12.0 Å². The molecule has 0 aromatic carbocycles. The van der Waals surface area contributed by atoms with Crippen LogP contribution in [0.1, 0.15) is 45.9 Å². The topological polar surface area (TPSA) is 46.0 Å². The molecule has 0 radical (unpaired) electrons. The first-order valence-electron chi connectivity index (χ1n) is 8.02. The second kappa shape index (κ2) is 7.74. The van der Waals surface area contributed by atoms with E-state index in [1.54, 1.807) is 6.33 Å². The van der Waals surface area contributed by atoms with E-state index < -0.39 is 0 Å². The molecule has 0 spiro atoms. The van der Waals surface area contributed by atoms with Gasteiger partial charge in [-0.25, -0.2) is 9.67 Å². The highest BCUT2D eigenvalue weighted by Crippen LogP contribution is 2.15. The zero-order chi connectivity index (χ0) is 14.4. The normalized spacial score (nSPS) is 17.2. The molecule has 1 aliphatic rings. The Labute approximate surface area is 122 Å². The SMILES string of the molecule is CCCN(Cc1ncnn1CC(C)C)C1CCNCC1. The molecule has 1 saturated heterocycles. The largest absolute Gasteiger partial charge is 0.317 e. The first-order valence-corrected chi connectivity index (χ1v) is 8.02. The molecule has 0 bridgehead atoms. The third-order valence-electron chi connectivity index (χ3n) is 3.91. The highest BCUT2D eigenvalue weighted by Gasteiger charge is 2.22. The summed E-state index contributed by atoms with van der Waals surface area (Å²) in [7, 11) is 0. The summed E-state index contributed by atoms with van der Waals surface area (Å²) in [5.41, 5.74) is 0. The van der Waals surface area contributed by atoms with Crippen LogP contribution in [0.15, 0.2) is 6.33 Å². The van der Waals surface area contributed by atoms with Gasteiger partial charge in [0.15, 0.2) is 0 Å². The lowest BCUT2D eigenvalue weighted by Gasteiger charge is -2.34. The molecule has 1 aliphatic heterocycles. The monoisotopic (exact) mass is 279 g/mol. The smallest absolute Gasteiger partial charge is 0.141 e. The molecule has 0 atom stereocenters. The summed E-state index contributed by atoms with van der Waals surface area (Å²) in [6.45, 7) is 12.0. The maximum atomic E-state index is 4.48. The Morgan fingerprint density at radius 2 is 2.15 bits per heavy atom. The molecule has 1 fully saturated rings. The van der Waals surface area contributed by atoms with E-state index >= 15 is 0 Å². The van der Waals surface area contributed by atoms with Crippen LogP contribution < -0.4 is 5.32 Å². The molecule has 1 aromatic rings. The number of hydrogen-bond donors (Lipinski definition) is 1. The minimum Gasteiger partial charge on any atom is -0.317 e. The number of nitrogens with one attached hydrogen (secondary N) is 1. The van der Waals surface area contributed by atoms with Crippen LogP contribution in [-0.2, 0) is 13.1 Å². The Hall–Kier alpha value is -0.940. The Kier molecular flexibility index (Phi) is 5.98. The molecular weight excluding hydrogens is 250 g/mol. The average molecular weight is 279 g/mol. The maximum absolute atomic E-state index is 4.48. The Morgan fingerprint density at radius 3 is 2.80 bits per heavy atom. The van der Waals surface area contributed by atoms with E-state index in [1.807, 2.05) is 0 Å². The first-order chi connectivity index (χ1) is 9.70. The van der Waals surface area contributed by atoms with Crippen molar-refractivity contribution in [1.82, 2.24) is 25.0 Å². The van der Waals surface area contributed by atoms with Gasteiger partial charge in [-0.15, -0.1) is 0 Å². The van der Waals surface area contributed by atoms with Crippen LogP contribution in [0.4, 0.5) is 0 Å². The molecule has 0 saturated carbocycles. The van der Waals surface area contributed by atoms with Gasteiger partial charge in [-0.2, -0.15) is 5.10 Å². The summed E-state index contributed by atoms with van der Waals surface area (Å²) in [6.07, 6.45) is 5.39. The van der Waals surface area contributed by atoms with Crippen LogP contribution in [0, 0.1) is 5.92 Å². The average Bonchev–Trinajstić information content (AvgIpc) is 2.86. The standard InChI is InChI=1S/C15H29N5/c1-4-9-19(14-5-7-16-8-6-14)11-15-17-12-18-20(15)10-13(2)3/h12-14,16H,4-11H2,1-3H3. The minimum atomic E-state index is 0.606. The van der Waals surface area contributed by atoms with E-state index in [-0.39, 0.29) is 0 Å². The fourth-order valence-electron chi connectivity index (χ4n) is 2.94.